The predicted molar refractivity (Wildman–Crippen MR) is 344 cm³/mol. The summed E-state index contributed by atoms with van der Waals surface area (Å²) in [5.41, 5.74) is 0. The van der Waals surface area contributed by atoms with E-state index in [-0.39, 0.29) is 31.1 Å². The van der Waals surface area contributed by atoms with Gasteiger partial charge in [-0.05, 0) is 83.5 Å². The number of unbranched alkanes of at least 4 members (excludes halogenated alkanes) is 43. The monoisotopic (exact) mass is 1110 g/mol. The number of hydrogen-bond acceptors (Lipinski definition) is 6. The van der Waals surface area contributed by atoms with Crippen LogP contribution in [0.15, 0.2) is 60.8 Å². The van der Waals surface area contributed by atoms with Gasteiger partial charge in [0.1, 0.15) is 13.2 Å². The van der Waals surface area contributed by atoms with Crippen molar-refractivity contribution in [3.8, 4) is 0 Å². The molecule has 460 valence electrons. The third-order valence-electron chi connectivity index (χ3n) is 15.5. The van der Waals surface area contributed by atoms with Crippen LogP contribution < -0.4 is 0 Å². The van der Waals surface area contributed by atoms with E-state index in [9.17, 15) is 14.4 Å². The van der Waals surface area contributed by atoms with Gasteiger partial charge < -0.3 is 14.2 Å². The molecular weight excluding hydrogens is 973 g/mol. The normalized spacial score (nSPS) is 12.4. The molecule has 0 aromatic rings. The van der Waals surface area contributed by atoms with Crippen LogP contribution >= 0.6 is 0 Å². The summed E-state index contributed by atoms with van der Waals surface area (Å²) >= 11 is 0. The molecule has 0 aliphatic rings. The first-order valence-electron chi connectivity index (χ1n) is 34.8. The van der Waals surface area contributed by atoms with Crippen LogP contribution in [-0.4, -0.2) is 37.2 Å². The Morgan fingerprint density at radius 1 is 0.266 bits per heavy atom. The molecule has 0 aliphatic carbocycles. The molecule has 0 heterocycles. The van der Waals surface area contributed by atoms with Crippen LogP contribution in [0, 0.1) is 0 Å². The molecule has 0 aliphatic heterocycles. The van der Waals surface area contributed by atoms with E-state index in [1.807, 2.05) is 0 Å². The Bertz CT molecular complexity index is 1410. The van der Waals surface area contributed by atoms with E-state index in [1.54, 1.807) is 0 Å². The summed E-state index contributed by atoms with van der Waals surface area (Å²) in [6, 6.07) is 0. The van der Waals surface area contributed by atoms with Crippen molar-refractivity contribution in [2.75, 3.05) is 13.2 Å². The summed E-state index contributed by atoms with van der Waals surface area (Å²) in [5.74, 6) is -0.856. The molecule has 0 rings (SSSR count). The SMILES string of the molecule is CC/C=C\C/C=C\C/C=C\C/C=C\CCCCCCCCCCCCCCCCCCCCCCC(=O)OCC(COC(=O)CCCCCCCCC)OC(=O)CCCCCCCCCCC/C=C\CCCCCCCCCC. The highest BCUT2D eigenvalue weighted by atomic mass is 16.6. The number of carbonyl (C=O) groups excluding carboxylic acids is 3. The summed E-state index contributed by atoms with van der Waals surface area (Å²) in [6.07, 6.45) is 87.1. The summed E-state index contributed by atoms with van der Waals surface area (Å²) in [6.45, 7) is 6.54. The van der Waals surface area contributed by atoms with Gasteiger partial charge in [0, 0.05) is 19.3 Å². The van der Waals surface area contributed by atoms with Gasteiger partial charge in [-0.1, -0.05) is 326 Å². The lowest BCUT2D eigenvalue weighted by atomic mass is 10.0. The van der Waals surface area contributed by atoms with Crippen LogP contribution in [0.4, 0.5) is 0 Å². The third-order valence-corrected chi connectivity index (χ3v) is 15.5. The molecule has 0 aromatic carbocycles. The van der Waals surface area contributed by atoms with E-state index in [0.717, 1.165) is 83.5 Å². The Kier molecular flexibility index (Phi) is 65.1. The highest BCUT2D eigenvalue weighted by Crippen LogP contribution is 2.18. The van der Waals surface area contributed by atoms with Crippen molar-refractivity contribution in [3.63, 3.8) is 0 Å². The summed E-state index contributed by atoms with van der Waals surface area (Å²) in [5, 5.41) is 0. The number of rotatable bonds is 64. The van der Waals surface area contributed by atoms with Gasteiger partial charge in [0.2, 0.25) is 0 Å². The second-order valence-electron chi connectivity index (χ2n) is 23.4. The van der Waals surface area contributed by atoms with Crippen LogP contribution in [-0.2, 0) is 28.6 Å². The van der Waals surface area contributed by atoms with Crippen LogP contribution in [0.3, 0.4) is 0 Å². The van der Waals surface area contributed by atoms with E-state index < -0.39 is 6.10 Å². The molecule has 1 unspecified atom stereocenters. The van der Waals surface area contributed by atoms with Gasteiger partial charge >= 0.3 is 17.9 Å². The standard InChI is InChI=1S/C73H132O6/c1-4-7-10-13-16-18-20-22-24-26-28-30-31-32-33-34-35-36-37-38-39-40-41-43-44-46-48-50-52-54-57-60-63-66-72(75)78-69-70(68-77-71(74)65-62-59-56-15-12-9-6-3)79-73(76)67-64-61-58-55-53-51-49-47-45-42-29-27-25-23-21-19-17-14-11-8-5-2/h7,10,16,18,22,24,27-30,70H,4-6,8-9,11-15,17,19-21,23,25-26,31-69H2,1-3H3/b10-7-,18-16-,24-22-,29-27-,30-28-. The Morgan fingerprint density at radius 2 is 0.494 bits per heavy atom. The van der Waals surface area contributed by atoms with E-state index >= 15 is 0 Å². The summed E-state index contributed by atoms with van der Waals surface area (Å²) in [7, 11) is 0. The number of hydrogen-bond donors (Lipinski definition) is 0. The number of carbonyl (C=O) groups is 3. The molecule has 0 fully saturated rings. The minimum atomic E-state index is -0.770. The topological polar surface area (TPSA) is 78.9 Å². The zero-order valence-corrected chi connectivity index (χ0v) is 52.9. The lowest BCUT2D eigenvalue weighted by molar-refractivity contribution is -0.167. The van der Waals surface area contributed by atoms with Crippen LogP contribution in [0.25, 0.3) is 0 Å². The van der Waals surface area contributed by atoms with E-state index in [2.05, 4.69) is 81.5 Å². The lowest BCUT2D eigenvalue weighted by Crippen LogP contribution is -2.30. The Labute approximate surface area is 491 Å². The first-order chi connectivity index (χ1) is 39.0. The molecule has 0 saturated heterocycles. The fourth-order valence-electron chi connectivity index (χ4n) is 10.3. The van der Waals surface area contributed by atoms with Crippen molar-refractivity contribution < 1.29 is 28.6 Å². The molecule has 79 heavy (non-hydrogen) atoms. The van der Waals surface area contributed by atoms with Gasteiger partial charge in [0.15, 0.2) is 6.10 Å². The van der Waals surface area contributed by atoms with Crippen molar-refractivity contribution in [2.45, 2.75) is 374 Å². The van der Waals surface area contributed by atoms with Gasteiger partial charge in [-0.15, -0.1) is 0 Å². The Balaban J connectivity index is 3.99. The second-order valence-corrected chi connectivity index (χ2v) is 23.4. The van der Waals surface area contributed by atoms with Crippen molar-refractivity contribution in [1.29, 1.82) is 0 Å². The third kappa shape index (κ3) is 65.8. The maximum atomic E-state index is 12.9. The predicted octanol–water partition coefficient (Wildman–Crippen LogP) is 23.9. The van der Waals surface area contributed by atoms with Crippen molar-refractivity contribution in [2.24, 2.45) is 0 Å². The fourth-order valence-corrected chi connectivity index (χ4v) is 10.3. The van der Waals surface area contributed by atoms with Crippen molar-refractivity contribution in [3.05, 3.63) is 60.8 Å². The first-order valence-corrected chi connectivity index (χ1v) is 34.8. The molecule has 0 N–H and O–H groups in total. The number of ether oxygens (including phenoxy) is 3. The van der Waals surface area contributed by atoms with Gasteiger partial charge in [-0.3, -0.25) is 14.4 Å². The lowest BCUT2D eigenvalue weighted by Gasteiger charge is -2.18. The minimum absolute atomic E-state index is 0.0693. The maximum Gasteiger partial charge on any atom is 0.306 e. The van der Waals surface area contributed by atoms with Gasteiger partial charge in [-0.25, -0.2) is 0 Å². The highest BCUT2D eigenvalue weighted by Gasteiger charge is 2.19. The van der Waals surface area contributed by atoms with E-state index in [0.29, 0.717) is 19.3 Å². The molecule has 0 saturated carbocycles. The van der Waals surface area contributed by atoms with Gasteiger partial charge in [-0.2, -0.15) is 0 Å². The van der Waals surface area contributed by atoms with Crippen LogP contribution in [0.2, 0.25) is 0 Å². The first kappa shape index (κ1) is 76.1. The highest BCUT2D eigenvalue weighted by molar-refractivity contribution is 5.71. The Hall–Kier alpha value is -2.89. The average Bonchev–Trinajstić information content (AvgIpc) is 3.45. The largest absolute Gasteiger partial charge is 0.462 e. The fraction of sp³-hybridized carbons (Fsp3) is 0.822. The smallest absolute Gasteiger partial charge is 0.306 e. The molecule has 6 heteroatoms. The van der Waals surface area contributed by atoms with Crippen LogP contribution in [0.1, 0.15) is 367 Å². The number of allylic oxidation sites excluding steroid dienone is 10. The van der Waals surface area contributed by atoms with Gasteiger partial charge in [0.25, 0.3) is 0 Å². The molecule has 0 aromatic heterocycles. The maximum absolute atomic E-state index is 12.9. The molecule has 0 bridgehead atoms. The minimum Gasteiger partial charge on any atom is -0.462 e. The molecule has 0 spiro atoms. The average molecular weight is 1110 g/mol. The summed E-state index contributed by atoms with van der Waals surface area (Å²) < 4.78 is 16.9. The molecular formula is C73H132O6. The zero-order chi connectivity index (χ0) is 57.1. The zero-order valence-electron chi connectivity index (χ0n) is 52.9. The molecule has 0 amide bonds. The molecule has 0 radical (unpaired) electrons. The molecule has 6 nitrogen and oxygen atoms in total. The van der Waals surface area contributed by atoms with Crippen LogP contribution in [0.5, 0.6) is 0 Å². The quantitative estimate of drug-likeness (QED) is 0.0261. The molecule has 1 atom stereocenters. The van der Waals surface area contributed by atoms with Crippen molar-refractivity contribution >= 4 is 17.9 Å². The second kappa shape index (κ2) is 67.6. The number of esters is 3. The Morgan fingerprint density at radius 3 is 0.785 bits per heavy atom. The van der Waals surface area contributed by atoms with E-state index in [1.165, 1.54) is 244 Å². The summed E-state index contributed by atoms with van der Waals surface area (Å²) in [4.78, 5) is 38.1. The van der Waals surface area contributed by atoms with Crippen molar-refractivity contribution in [1.82, 2.24) is 0 Å². The van der Waals surface area contributed by atoms with Gasteiger partial charge in [0.05, 0.1) is 0 Å². The van der Waals surface area contributed by atoms with E-state index in [4.69, 9.17) is 14.2 Å².